The van der Waals surface area contributed by atoms with Crippen LogP contribution in [0.2, 0.25) is 0 Å². The van der Waals surface area contributed by atoms with Gasteiger partial charge in [-0.05, 0) is 30.5 Å². The van der Waals surface area contributed by atoms with Gasteiger partial charge < -0.3 is 5.32 Å². The second kappa shape index (κ2) is 5.27. The minimum absolute atomic E-state index is 0.0182. The van der Waals surface area contributed by atoms with E-state index in [1.807, 2.05) is 6.07 Å². The summed E-state index contributed by atoms with van der Waals surface area (Å²) in [7, 11) is -0.798. The highest BCUT2D eigenvalue weighted by molar-refractivity contribution is 7.85. The molecule has 1 fully saturated rings. The Hall–Kier alpha value is -0.740. The van der Waals surface area contributed by atoms with Gasteiger partial charge >= 0.3 is 0 Å². The first-order valence-electron chi connectivity index (χ1n) is 5.97. The summed E-state index contributed by atoms with van der Waals surface area (Å²) in [5.41, 5.74) is 1.55. The first-order chi connectivity index (χ1) is 8.10. The van der Waals surface area contributed by atoms with Crippen molar-refractivity contribution in [3.05, 3.63) is 35.1 Å². The van der Waals surface area contributed by atoms with Crippen molar-refractivity contribution < 1.29 is 8.60 Å². The van der Waals surface area contributed by atoms with Crippen molar-refractivity contribution in [2.45, 2.75) is 32.4 Å². The summed E-state index contributed by atoms with van der Waals surface area (Å²) in [4.78, 5) is 0. The molecule has 0 bridgehead atoms. The van der Waals surface area contributed by atoms with Crippen LogP contribution in [0.4, 0.5) is 4.39 Å². The van der Waals surface area contributed by atoms with Crippen molar-refractivity contribution in [1.29, 1.82) is 0 Å². The van der Waals surface area contributed by atoms with Crippen LogP contribution in [0.1, 0.15) is 30.5 Å². The standard InChI is InChI=1S/C13H18FNOS/c1-3-11-7-17(16)8-13(15-11)10-5-4-9(2)12(14)6-10/h4-6,11,13,15H,3,7-8H2,1-2H3. The molecule has 1 saturated heterocycles. The Balaban J connectivity index is 2.20. The molecule has 4 heteroatoms. The van der Waals surface area contributed by atoms with E-state index in [1.54, 1.807) is 19.1 Å². The number of rotatable bonds is 2. The maximum atomic E-state index is 13.5. The van der Waals surface area contributed by atoms with Crippen molar-refractivity contribution in [3.63, 3.8) is 0 Å². The topological polar surface area (TPSA) is 29.1 Å². The molecule has 17 heavy (non-hydrogen) atoms. The second-order valence-corrected chi connectivity index (χ2v) is 6.15. The molecule has 0 aromatic heterocycles. The summed E-state index contributed by atoms with van der Waals surface area (Å²) < 4.78 is 25.3. The highest BCUT2D eigenvalue weighted by atomic mass is 32.2. The van der Waals surface area contributed by atoms with Gasteiger partial charge in [-0.2, -0.15) is 0 Å². The number of aryl methyl sites for hydroxylation is 1. The van der Waals surface area contributed by atoms with E-state index in [4.69, 9.17) is 0 Å². The molecular formula is C13H18FNOS. The fourth-order valence-electron chi connectivity index (χ4n) is 2.11. The molecule has 1 aliphatic rings. The van der Waals surface area contributed by atoms with E-state index in [0.29, 0.717) is 17.1 Å². The zero-order valence-electron chi connectivity index (χ0n) is 10.2. The van der Waals surface area contributed by atoms with Crippen molar-refractivity contribution >= 4 is 10.8 Å². The van der Waals surface area contributed by atoms with Crippen LogP contribution in [-0.2, 0) is 10.8 Å². The summed E-state index contributed by atoms with van der Waals surface area (Å²) in [5.74, 6) is 1.11. The van der Waals surface area contributed by atoms with Gasteiger partial charge in [-0.3, -0.25) is 4.21 Å². The van der Waals surface area contributed by atoms with E-state index >= 15 is 0 Å². The molecule has 1 aromatic rings. The van der Waals surface area contributed by atoms with Crippen LogP contribution < -0.4 is 5.32 Å². The number of hydrogen-bond donors (Lipinski definition) is 1. The number of nitrogens with one attached hydrogen (secondary N) is 1. The van der Waals surface area contributed by atoms with Crippen molar-refractivity contribution in [2.75, 3.05) is 11.5 Å². The van der Waals surface area contributed by atoms with Crippen molar-refractivity contribution in [2.24, 2.45) is 0 Å². The quantitative estimate of drug-likeness (QED) is 0.878. The lowest BCUT2D eigenvalue weighted by Crippen LogP contribution is -2.44. The van der Waals surface area contributed by atoms with Crippen LogP contribution in [0.25, 0.3) is 0 Å². The lowest BCUT2D eigenvalue weighted by atomic mass is 10.0. The average Bonchev–Trinajstić information content (AvgIpc) is 2.32. The number of benzene rings is 1. The Labute approximate surface area is 104 Å². The van der Waals surface area contributed by atoms with Gasteiger partial charge in [0.25, 0.3) is 0 Å². The van der Waals surface area contributed by atoms with Crippen LogP contribution in [0.3, 0.4) is 0 Å². The first-order valence-corrected chi connectivity index (χ1v) is 7.46. The molecule has 0 radical (unpaired) electrons. The highest BCUT2D eigenvalue weighted by Gasteiger charge is 2.25. The van der Waals surface area contributed by atoms with Crippen molar-refractivity contribution in [3.8, 4) is 0 Å². The van der Waals surface area contributed by atoms with Crippen LogP contribution in [0.5, 0.6) is 0 Å². The first kappa shape index (κ1) is 12.7. The molecule has 1 heterocycles. The third kappa shape index (κ3) is 2.93. The Morgan fingerprint density at radius 2 is 2.24 bits per heavy atom. The molecule has 3 atom stereocenters. The molecule has 1 aliphatic heterocycles. The molecule has 3 unspecified atom stereocenters. The Morgan fingerprint density at radius 3 is 2.88 bits per heavy atom. The molecule has 94 valence electrons. The van der Waals surface area contributed by atoms with E-state index in [9.17, 15) is 8.60 Å². The van der Waals surface area contributed by atoms with Crippen LogP contribution in [-0.4, -0.2) is 21.8 Å². The van der Waals surface area contributed by atoms with E-state index in [1.165, 1.54) is 0 Å². The lowest BCUT2D eigenvalue weighted by molar-refractivity contribution is 0.454. The maximum Gasteiger partial charge on any atom is 0.126 e. The minimum atomic E-state index is -0.798. The second-order valence-electron chi connectivity index (χ2n) is 4.61. The summed E-state index contributed by atoms with van der Waals surface area (Å²) in [6.07, 6.45) is 0.955. The van der Waals surface area contributed by atoms with E-state index in [2.05, 4.69) is 12.2 Å². The predicted molar refractivity (Wildman–Crippen MR) is 69.0 cm³/mol. The van der Waals surface area contributed by atoms with Gasteiger partial charge in [0.1, 0.15) is 5.82 Å². The minimum Gasteiger partial charge on any atom is -0.305 e. The molecular weight excluding hydrogens is 237 g/mol. The summed E-state index contributed by atoms with van der Waals surface area (Å²) >= 11 is 0. The molecule has 1 aromatic carbocycles. The molecule has 0 amide bonds. The molecule has 0 spiro atoms. The van der Waals surface area contributed by atoms with Gasteiger partial charge in [0.05, 0.1) is 0 Å². The van der Waals surface area contributed by atoms with Crippen LogP contribution in [0, 0.1) is 12.7 Å². The monoisotopic (exact) mass is 255 g/mol. The van der Waals surface area contributed by atoms with Crippen molar-refractivity contribution in [1.82, 2.24) is 5.32 Å². The zero-order chi connectivity index (χ0) is 12.4. The van der Waals surface area contributed by atoms with E-state index in [-0.39, 0.29) is 17.9 Å². The SMILES string of the molecule is CCC1CS(=O)CC(c2ccc(C)c(F)c2)N1. The maximum absolute atomic E-state index is 13.5. The zero-order valence-corrected chi connectivity index (χ0v) is 11.0. The Bertz CT molecular complexity index is 435. The predicted octanol–water partition coefficient (Wildman–Crippen LogP) is 2.31. The molecule has 0 aliphatic carbocycles. The number of halogens is 1. The fourth-order valence-corrected chi connectivity index (χ4v) is 3.69. The smallest absolute Gasteiger partial charge is 0.126 e. The third-order valence-corrected chi connectivity index (χ3v) is 4.75. The fraction of sp³-hybridized carbons (Fsp3) is 0.538. The largest absolute Gasteiger partial charge is 0.305 e. The molecule has 2 nitrogen and oxygen atoms in total. The summed E-state index contributed by atoms with van der Waals surface area (Å²) in [6, 6.07) is 5.56. The van der Waals surface area contributed by atoms with Gasteiger partial charge in [-0.15, -0.1) is 0 Å². The Kier molecular flexibility index (Phi) is 3.94. The summed E-state index contributed by atoms with van der Waals surface area (Å²) in [6.45, 7) is 3.83. The van der Waals surface area contributed by atoms with Gasteiger partial charge in [0.15, 0.2) is 0 Å². The van der Waals surface area contributed by atoms with E-state index < -0.39 is 10.8 Å². The normalized spacial score (nSPS) is 29.2. The molecule has 0 saturated carbocycles. The van der Waals surface area contributed by atoms with Gasteiger partial charge in [0.2, 0.25) is 0 Å². The third-order valence-electron chi connectivity index (χ3n) is 3.27. The van der Waals surface area contributed by atoms with Gasteiger partial charge in [-0.25, -0.2) is 4.39 Å². The Morgan fingerprint density at radius 1 is 1.47 bits per heavy atom. The summed E-state index contributed by atoms with van der Waals surface area (Å²) in [5, 5.41) is 3.44. The van der Waals surface area contributed by atoms with Crippen LogP contribution in [0.15, 0.2) is 18.2 Å². The van der Waals surface area contributed by atoms with Crippen LogP contribution >= 0.6 is 0 Å². The number of hydrogen-bond acceptors (Lipinski definition) is 2. The van der Waals surface area contributed by atoms with Gasteiger partial charge in [-0.1, -0.05) is 19.1 Å². The molecule has 2 rings (SSSR count). The molecule has 1 N–H and O–H groups in total. The van der Waals surface area contributed by atoms with Gasteiger partial charge in [0, 0.05) is 34.4 Å². The van der Waals surface area contributed by atoms with E-state index in [0.717, 1.165) is 12.0 Å². The lowest BCUT2D eigenvalue weighted by Gasteiger charge is -2.30. The average molecular weight is 255 g/mol. The highest BCUT2D eigenvalue weighted by Crippen LogP contribution is 2.22.